The average Bonchev–Trinajstić information content (AvgIpc) is 2.85. The number of thioether (sulfide) groups is 1. The van der Waals surface area contributed by atoms with Gasteiger partial charge in [0.1, 0.15) is 0 Å². The number of hydrogen-bond donors (Lipinski definition) is 1. The molecule has 0 saturated heterocycles. The summed E-state index contributed by atoms with van der Waals surface area (Å²) in [5.74, 6) is 1.83. The van der Waals surface area contributed by atoms with Crippen molar-refractivity contribution in [3.63, 3.8) is 0 Å². The fourth-order valence-corrected chi connectivity index (χ4v) is 4.14. The number of allylic oxidation sites excluding steroid dienone is 6. The molecule has 0 aromatic rings. The predicted molar refractivity (Wildman–Crippen MR) is 87.5 cm³/mol. The molecular formula is C17H23NOS. The van der Waals surface area contributed by atoms with Crippen molar-refractivity contribution < 1.29 is 6.22 Å². The van der Waals surface area contributed by atoms with Gasteiger partial charge in [-0.15, -0.1) is 11.8 Å². The van der Waals surface area contributed by atoms with Crippen LogP contribution in [0.3, 0.4) is 0 Å². The van der Waals surface area contributed by atoms with E-state index in [1.165, 1.54) is 11.3 Å². The number of Topliss-reactive ketones (excluding diaryl/α,β-unsaturated/α-hetero) is 1. The van der Waals surface area contributed by atoms with E-state index in [9.17, 15) is 4.79 Å². The zero-order valence-corrected chi connectivity index (χ0v) is 12.9. The monoisotopic (exact) mass is 289 g/mol. The minimum absolute atomic E-state index is 0. The topological polar surface area (TPSA) is 29.1 Å². The van der Waals surface area contributed by atoms with Crippen molar-refractivity contribution in [3.05, 3.63) is 46.6 Å². The summed E-state index contributed by atoms with van der Waals surface area (Å²) in [6, 6.07) is 0.262. The van der Waals surface area contributed by atoms with Crippen LogP contribution in [0, 0.1) is 11.8 Å². The lowest BCUT2D eigenvalue weighted by atomic mass is 9.89. The molecule has 1 aliphatic carbocycles. The number of ketones is 1. The van der Waals surface area contributed by atoms with Gasteiger partial charge in [-0.25, -0.2) is 0 Å². The second kappa shape index (κ2) is 5.65. The van der Waals surface area contributed by atoms with Gasteiger partial charge in [-0.2, -0.15) is 0 Å². The maximum atomic E-state index is 12.5. The highest BCUT2D eigenvalue weighted by Gasteiger charge is 2.27. The number of nitrogens with one attached hydrogen (secondary N) is 1. The van der Waals surface area contributed by atoms with Crippen molar-refractivity contribution in [1.82, 2.24) is 5.32 Å². The molecular weight excluding hydrogens is 266 g/mol. The number of carbonyl (C=O) groups excluding carboxylic acids is 1. The molecule has 0 aromatic heterocycles. The molecule has 0 aromatic carbocycles. The van der Waals surface area contributed by atoms with Gasteiger partial charge in [-0.1, -0.05) is 37.3 Å². The maximum absolute atomic E-state index is 12.5. The summed E-state index contributed by atoms with van der Waals surface area (Å²) in [7, 11) is 0. The second-order valence-corrected chi connectivity index (χ2v) is 6.90. The molecule has 0 bridgehead atoms. The van der Waals surface area contributed by atoms with Gasteiger partial charge < -0.3 is 5.32 Å². The van der Waals surface area contributed by atoms with Crippen molar-refractivity contribution >= 4 is 17.5 Å². The van der Waals surface area contributed by atoms with Crippen LogP contribution in [0.5, 0.6) is 0 Å². The summed E-state index contributed by atoms with van der Waals surface area (Å²) in [5.41, 5.74) is 2.62. The van der Waals surface area contributed by atoms with Gasteiger partial charge in [0.2, 0.25) is 0 Å². The zero-order chi connectivity index (χ0) is 14.1. The Morgan fingerprint density at radius 1 is 1.40 bits per heavy atom. The summed E-state index contributed by atoms with van der Waals surface area (Å²) in [6.45, 7) is 4.34. The van der Waals surface area contributed by atoms with E-state index in [2.05, 4.69) is 49.5 Å². The molecule has 2 nitrogen and oxygen atoms in total. The van der Waals surface area contributed by atoms with Crippen LogP contribution in [0.15, 0.2) is 46.6 Å². The molecule has 3 heteroatoms. The highest BCUT2D eigenvalue weighted by atomic mass is 32.2. The van der Waals surface area contributed by atoms with Gasteiger partial charge in [0.15, 0.2) is 5.78 Å². The van der Waals surface area contributed by atoms with E-state index in [1.54, 1.807) is 11.8 Å². The fourth-order valence-electron chi connectivity index (χ4n) is 3.16. The first-order chi connectivity index (χ1) is 9.65. The summed E-state index contributed by atoms with van der Waals surface area (Å²) < 4.78 is 0. The third kappa shape index (κ3) is 2.64. The average molecular weight is 289 g/mol. The molecule has 108 valence electrons. The smallest absolute Gasteiger partial charge is 0.175 e. The summed E-state index contributed by atoms with van der Waals surface area (Å²) in [5, 5.41) is 3.49. The van der Waals surface area contributed by atoms with E-state index in [-0.39, 0.29) is 13.4 Å². The summed E-state index contributed by atoms with van der Waals surface area (Å²) in [4.78, 5) is 13.5. The number of rotatable bonds is 2. The minimum atomic E-state index is 0. The van der Waals surface area contributed by atoms with Gasteiger partial charge >= 0.3 is 0 Å². The van der Waals surface area contributed by atoms with Gasteiger partial charge in [0.25, 0.3) is 0 Å². The number of hydrogen-bond acceptors (Lipinski definition) is 3. The van der Waals surface area contributed by atoms with E-state index in [4.69, 9.17) is 0 Å². The minimum Gasteiger partial charge on any atom is -0.379 e. The van der Waals surface area contributed by atoms with E-state index in [0.717, 1.165) is 23.5 Å². The summed E-state index contributed by atoms with van der Waals surface area (Å²) in [6.07, 6.45) is 12.8. The molecule has 2 aliphatic heterocycles. The number of fused-ring (bicyclic) bond motifs is 1. The maximum Gasteiger partial charge on any atom is 0.175 e. The summed E-state index contributed by atoms with van der Waals surface area (Å²) >= 11 is 1.71. The lowest BCUT2D eigenvalue weighted by molar-refractivity contribution is -0.117. The van der Waals surface area contributed by atoms with Crippen LogP contribution in [0.2, 0.25) is 0 Å². The van der Waals surface area contributed by atoms with Crippen molar-refractivity contribution in [3.8, 4) is 0 Å². The van der Waals surface area contributed by atoms with Crippen LogP contribution in [-0.2, 0) is 4.79 Å². The number of carbonyl (C=O) groups is 1. The van der Waals surface area contributed by atoms with Crippen molar-refractivity contribution in [2.75, 3.05) is 5.75 Å². The standard InChI is InChI=1S/C17H21NOS.H2/c1-11-10-12(2)18-15-8-6-13(5-7-14(11)15)17(19)16-4-3-9-20-16;/h4,6-8,10-11,13,15,18H,3,5,9H2,1-2H3;1H/t11?,13-,15?;/m1./s1. The van der Waals surface area contributed by atoms with Crippen LogP contribution in [0.4, 0.5) is 0 Å². The van der Waals surface area contributed by atoms with Gasteiger partial charge in [0.05, 0.1) is 6.04 Å². The molecule has 2 unspecified atom stereocenters. The quantitative estimate of drug-likeness (QED) is 0.783. The Morgan fingerprint density at radius 2 is 2.25 bits per heavy atom. The molecule has 2 heterocycles. The van der Waals surface area contributed by atoms with Crippen LogP contribution < -0.4 is 5.32 Å². The van der Waals surface area contributed by atoms with Gasteiger partial charge in [-0.3, -0.25) is 4.79 Å². The van der Waals surface area contributed by atoms with Gasteiger partial charge in [0, 0.05) is 23.7 Å². The first-order valence-electron chi connectivity index (χ1n) is 7.35. The SMILES string of the molecule is CC1=CC(C)C2=CC[C@@H](C(=O)C3=CCCS3)C=CC2N1.[HH]. The molecule has 0 fully saturated rings. The highest BCUT2D eigenvalue weighted by molar-refractivity contribution is 8.04. The van der Waals surface area contributed by atoms with Crippen LogP contribution in [0.25, 0.3) is 0 Å². The molecule has 0 amide bonds. The fraction of sp³-hybridized carbons (Fsp3) is 0.471. The normalized spacial score (nSPS) is 32.5. The molecule has 0 saturated carbocycles. The first kappa shape index (κ1) is 13.7. The Balaban J connectivity index is 0.00000161. The van der Waals surface area contributed by atoms with Gasteiger partial charge in [-0.05, 0) is 31.3 Å². The lowest BCUT2D eigenvalue weighted by Crippen LogP contribution is -2.33. The molecule has 0 radical (unpaired) electrons. The first-order valence-corrected chi connectivity index (χ1v) is 8.34. The van der Waals surface area contributed by atoms with E-state index >= 15 is 0 Å². The van der Waals surface area contributed by atoms with Crippen LogP contribution in [-0.4, -0.2) is 17.6 Å². The van der Waals surface area contributed by atoms with Crippen LogP contribution in [0.1, 0.15) is 28.1 Å². The van der Waals surface area contributed by atoms with Crippen molar-refractivity contribution in [2.24, 2.45) is 11.8 Å². The van der Waals surface area contributed by atoms with E-state index in [0.29, 0.717) is 11.7 Å². The zero-order valence-electron chi connectivity index (χ0n) is 12.1. The second-order valence-electron chi connectivity index (χ2n) is 5.76. The van der Waals surface area contributed by atoms with Crippen LogP contribution >= 0.6 is 11.8 Å². The molecule has 3 atom stereocenters. The molecule has 3 aliphatic rings. The highest BCUT2D eigenvalue weighted by Crippen LogP contribution is 2.32. The van der Waals surface area contributed by atoms with E-state index in [1.807, 2.05) is 0 Å². The Hall–Kier alpha value is -1.22. The third-order valence-electron chi connectivity index (χ3n) is 4.20. The Labute approximate surface area is 126 Å². The van der Waals surface area contributed by atoms with Crippen molar-refractivity contribution in [2.45, 2.75) is 32.7 Å². The Morgan fingerprint density at radius 3 is 3.00 bits per heavy atom. The molecule has 1 N–H and O–H groups in total. The Kier molecular flexibility index (Phi) is 3.88. The van der Waals surface area contributed by atoms with Crippen molar-refractivity contribution in [1.29, 1.82) is 0 Å². The molecule has 0 spiro atoms. The third-order valence-corrected chi connectivity index (χ3v) is 5.31. The predicted octanol–water partition coefficient (Wildman–Crippen LogP) is 3.84. The van der Waals surface area contributed by atoms with E-state index < -0.39 is 0 Å². The molecule has 3 rings (SSSR count). The largest absolute Gasteiger partial charge is 0.379 e. The lowest BCUT2D eigenvalue weighted by Gasteiger charge is -2.28. The Bertz CT molecular complexity index is 547. The molecule has 20 heavy (non-hydrogen) atoms.